The monoisotopic (exact) mass is 304 g/mol. The Morgan fingerprint density at radius 1 is 1.35 bits per heavy atom. The first-order chi connectivity index (χ1) is 7.74. The zero-order chi connectivity index (χ0) is 13.9. The summed E-state index contributed by atoms with van der Waals surface area (Å²) in [5.41, 5.74) is -0.508. The number of carbonyl (C=O) groups excluding carboxylic acids is 1. The van der Waals surface area contributed by atoms with E-state index in [2.05, 4.69) is 0 Å². The maximum atomic E-state index is 10.2. The molecule has 0 saturated heterocycles. The van der Waals surface area contributed by atoms with Crippen molar-refractivity contribution in [1.29, 1.82) is 0 Å². The standard InChI is InChI=1S/C7H15ClO.C5H8Cl2O/c1-7(2,9)5-3-4-6-8;1-2-3-4(6)5(7)8/h9H,3-6H2,1-2H3;4H,2-3H2,1H3. The van der Waals surface area contributed by atoms with Crippen LogP contribution in [-0.2, 0) is 4.79 Å². The molecule has 1 atom stereocenters. The SMILES string of the molecule is CC(C)(O)CCCCCl.CCCC(Cl)C(=O)Cl. The molecule has 0 aromatic heterocycles. The second kappa shape index (κ2) is 11.6. The van der Waals surface area contributed by atoms with Crippen molar-refractivity contribution in [2.45, 2.75) is 63.9 Å². The van der Waals surface area contributed by atoms with Crippen LogP contribution < -0.4 is 0 Å². The fourth-order valence-electron chi connectivity index (χ4n) is 1.02. The Balaban J connectivity index is 0. The second-order valence-electron chi connectivity index (χ2n) is 4.52. The smallest absolute Gasteiger partial charge is 0.239 e. The normalized spacial score (nSPS) is 12.6. The van der Waals surface area contributed by atoms with Crippen molar-refractivity contribution in [3.63, 3.8) is 0 Å². The van der Waals surface area contributed by atoms with Crippen molar-refractivity contribution >= 4 is 40.0 Å². The number of alkyl halides is 2. The maximum absolute atomic E-state index is 10.2. The summed E-state index contributed by atoms with van der Waals surface area (Å²) in [4.78, 5) is 10.2. The van der Waals surface area contributed by atoms with Crippen molar-refractivity contribution in [2.75, 3.05) is 5.88 Å². The molecule has 0 fully saturated rings. The zero-order valence-corrected chi connectivity index (χ0v) is 13.1. The van der Waals surface area contributed by atoms with Crippen molar-refractivity contribution in [3.05, 3.63) is 0 Å². The zero-order valence-electron chi connectivity index (χ0n) is 10.8. The fourth-order valence-corrected chi connectivity index (χ4v) is 1.54. The van der Waals surface area contributed by atoms with E-state index in [-0.39, 0.29) is 0 Å². The molecule has 0 rings (SSSR count). The molecule has 0 saturated carbocycles. The highest BCUT2D eigenvalue weighted by Gasteiger charge is 2.10. The van der Waals surface area contributed by atoms with Gasteiger partial charge in [-0.3, -0.25) is 4.79 Å². The Hall–Kier alpha value is 0.500. The minimum Gasteiger partial charge on any atom is -0.390 e. The van der Waals surface area contributed by atoms with E-state index >= 15 is 0 Å². The van der Waals surface area contributed by atoms with Crippen LogP contribution in [0.2, 0.25) is 0 Å². The van der Waals surface area contributed by atoms with E-state index in [1.165, 1.54) is 0 Å². The molecule has 0 amide bonds. The Labute approximate surface area is 120 Å². The van der Waals surface area contributed by atoms with Crippen LogP contribution in [-0.4, -0.2) is 27.2 Å². The van der Waals surface area contributed by atoms with Gasteiger partial charge in [0.1, 0.15) is 5.38 Å². The number of hydrogen-bond donors (Lipinski definition) is 1. The van der Waals surface area contributed by atoms with Gasteiger partial charge in [0.2, 0.25) is 5.24 Å². The number of halogens is 3. The molecule has 1 N–H and O–H groups in total. The van der Waals surface area contributed by atoms with Crippen LogP contribution in [0.3, 0.4) is 0 Å². The van der Waals surface area contributed by atoms with Gasteiger partial charge >= 0.3 is 0 Å². The minimum atomic E-state index is -0.508. The number of carbonyl (C=O) groups is 1. The predicted octanol–water partition coefficient (Wildman–Crippen LogP) is 4.33. The first-order valence-electron chi connectivity index (χ1n) is 5.86. The summed E-state index contributed by atoms with van der Waals surface area (Å²) in [5, 5.41) is 8.27. The van der Waals surface area contributed by atoms with Gasteiger partial charge in [-0.2, -0.15) is 0 Å². The third-order valence-corrected chi connectivity index (χ3v) is 3.02. The van der Waals surface area contributed by atoms with Crippen LogP contribution in [0.4, 0.5) is 0 Å². The van der Waals surface area contributed by atoms with Gasteiger partial charge in [-0.05, 0) is 51.1 Å². The molecule has 0 spiro atoms. The summed E-state index contributed by atoms with van der Waals surface area (Å²) in [6, 6.07) is 0. The second-order valence-corrected chi connectivity index (χ2v) is 5.80. The van der Waals surface area contributed by atoms with Crippen LogP contribution in [0.5, 0.6) is 0 Å². The molecule has 0 aromatic rings. The van der Waals surface area contributed by atoms with Gasteiger partial charge in [-0.1, -0.05) is 13.3 Å². The Bertz CT molecular complexity index is 191. The summed E-state index contributed by atoms with van der Waals surface area (Å²) < 4.78 is 0. The molecule has 0 aliphatic carbocycles. The molecule has 0 bridgehead atoms. The molecule has 0 radical (unpaired) electrons. The lowest BCUT2D eigenvalue weighted by molar-refractivity contribution is -0.111. The van der Waals surface area contributed by atoms with Crippen LogP contribution in [0, 0.1) is 0 Å². The lowest BCUT2D eigenvalue weighted by Crippen LogP contribution is -2.17. The molecule has 0 aliphatic rings. The topological polar surface area (TPSA) is 37.3 Å². The first kappa shape index (κ1) is 19.8. The van der Waals surface area contributed by atoms with E-state index < -0.39 is 16.2 Å². The molecule has 1 unspecified atom stereocenters. The minimum absolute atomic E-state index is 0.450. The summed E-state index contributed by atoms with van der Waals surface area (Å²) >= 11 is 15.9. The average molecular weight is 306 g/mol. The highest BCUT2D eigenvalue weighted by molar-refractivity contribution is 6.69. The summed E-state index contributed by atoms with van der Waals surface area (Å²) in [6.45, 7) is 5.59. The number of hydrogen-bond acceptors (Lipinski definition) is 2. The largest absolute Gasteiger partial charge is 0.390 e. The quantitative estimate of drug-likeness (QED) is 0.432. The third kappa shape index (κ3) is 19.0. The van der Waals surface area contributed by atoms with Crippen molar-refractivity contribution < 1.29 is 9.90 Å². The van der Waals surface area contributed by atoms with E-state index in [0.29, 0.717) is 12.3 Å². The lowest BCUT2D eigenvalue weighted by Gasteiger charge is -2.15. The molecule has 104 valence electrons. The van der Waals surface area contributed by atoms with Gasteiger partial charge < -0.3 is 5.11 Å². The Morgan fingerprint density at radius 3 is 2.12 bits per heavy atom. The van der Waals surface area contributed by atoms with Gasteiger partial charge in [-0.15, -0.1) is 23.2 Å². The van der Waals surface area contributed by atoms with E-state index in [0.717, 1.165) is 25.7 Å². The van der Waals surface area contributed by atoms with Crippen LogP contribution in [0.1, 0.15) is 52.9 Å². The van der Waals surface area contributed by atoms with Crippen LogP contribution in [0.25, 0.3) is 0 Å². The van der Waals surface area contributed by atoms with Gasteiger partial charge in [0, 0.05) is 5.88 Å². The first-order valence-corrected chi connectivity index (χ1v) is 7.21. The van der Waals surface area contributed by atoms with Gasteiger partial charge in [0.25, 0.3) is 0 Å². The fraction of sp³-hybridized carbons (Fsp3) is 0.917. The Morgan fingerprint density at radius 2 is 1.88 bits per heavy atom. The Kier molecular flexibility index (Phi) is 13.5. The highest BCUT2D eigenvalue weighted by atomic mass is 35.5. The number of unbranched alkanes of at least 4 members (excludes halogenated alkanes) is 1. The molecule has 5 heteroatoms. The van der Waals surface area contributed by atoms with Crippen molar-refractivity contribution in [3.8, 4) is 0 Å². The van der Waals surface area contributed by atoms with E-state index in [1.54, 1.807) is 0 Å². The average Bonchev–Trinajstić information content (AvgIpc) is 2.17. The molecule has 17 heavy (non-hydrogen) atoms. The van der Waals surface area contributed by atoms with Gasteiger partial charge in [0.15, 0.2) is 0 Å². The van der Waals surface area contributed by atoms with E-state index in [4.69, 9.17) is 34.8 Å². The van der Waals surface area contributed by atoms with Gasteiger partial charge in [0.05, 0.1) is 5.60 Å². The molecular weight excluding hydrogens is 282 g/mol. The number of aliphatic hydroxyl groups is 1. The number of rotatable bonds is 7. The highest BCUT2D eigenvalue weighted by Crippen LogP contribution is 2.11. The van der Waals surface area contributed by atoms with Gasteiger partial charge in [-0.25, -0.2) is 0 Å². The van der Waals surface area contributed by atoms with Crippen LogP contribution in [0.15, 0.2) is 0 Å². The molecule has 2 nitrogen and oxygen atoms in total. The van der Waals surface area contributed by atoms with E-state index in [1.807, 2.05) is 20.8 Å². The molecule has 0 aromatic carbocycles. The molecular formula is C12H23Cl3O2. The molecule has 0 aliphatic heterocycles. The maximum Gasteiger partial charge on any atom is 0.239 e. The molecule has 0 heterocycles. The van der Waals surface area contributed by atoms with Crippen molar-refractivity contribution in [2.24, 2.45) is 0 Å². The summed E-state index contributed by atoms with van der Waals surface area (Å²) in [6.07, 6.45) is 4.44. The summed E-state index contributed by atoms with van der Waals surface area (Å²) in [7, 11) is 0. The van der Waals surface area contributed by atoms with E-state index in [9.17, 15) is 9.90 Å². The summed E-state index contributed by atoms with van der Waals surface area (Å²) in [5.74, 6) is 0.704. The van der Waals surface area contributed by atoms with Crippen LogP contribution >= 0.6 is 34.8 Å². The lowest BCUT2D eigenvalue weighted by atomic mass is 10.0. The predicted molar refractivity (Wildman–Crippen MR) is 76.3 cm³/mol. The van der Waals surface area contributed by atoms with Crippen molar-refractivity contribution in [1.82, 2.24) is 0 Å². The third-order valence-electron chi connectivity index (χ3n) is 1.96.